The highest BCUT2D eigenvalue weighted by Crippen LogP contribution is 2.13. The number of para-hydroxylation sites is 1. The molecule has 0 saturated carbocycles. The molecule has 0 amide bonds. The average Bonchev–Trinajstić information content (AvgIpc) is 3.16. The van der Waals surface area contributed by atoms with E-state index in [1.165, 1.54) is 17.1 Å². The van der Waals surface area contributed by atoms with E-state index in [1.54, 1.807) is 4.68 Å². The number of benzene rings is 2. The first-order valence-corrected chi connectivity index (χ1v) is 9.01. The van der Waals surface area contributed by atoms with E-state index in [4.69, 9.17) is 4.74 Å². The molecule has 0 spiro atoms. The lowest BCUT2D eigenvalue weighted by Gasteiger charge is -2.13. The number of aliphatic hydroxyl groups excluding tert-OH is 1. The summed E-state index contributed by atoms with van der Waals surface area (Å²) in [6.07, 6.45) is 2.13. The lowest BCUT2D eigenvalue weighted by molar-refractivity contribution is 0.0198. The van der Waals surface area contributed by atoms with Gasteiger partial charge in [-0.3, -0.25) is 9.36 Å². The van der Waals surface area contributed by atoms with Gasteiger partial charge in [0.1, 0.15) is 11.7 Å². The Morgan fingerprint density at radius 3 is 2.50 bits per heavy atom. The van der Waals surface area contributed by atoms with E-state index in [0.29, 0.717) is 17.6 Å². The highest BCUT2D eigenvalue weighted by Gasteiger charge is 2.13. The standard InChI is InChI=1S/C21H20N4O3/c26-18(14-28-13-16-7-3-1-4-8-16)12-24-15-22-20-19(21(24)27)11-23-25(20)17-9-5-2-6-10-17/h1-11,15,18,26H,12-14H2. The molecule has 0 radical (unpaired) electrons. The molecule has 28 heavy (non-hydrogen) atoms. The number of aromatic nitrogens is 4. The second-order valence-corrected chi connectivity index (χ2v) is 6.49. The van der Waals surface area contributed by atoms with Gasteiger partial charge in [0.05, 0.1) is 37.7 Å². The summed E-state index contributed by atoms with van der Waals surface area (Å²) in [6, 6.07) is 19.2. The predicted molar refractivity (Wildman–Crippen MR) is 105 cm³/mol. The summed E-state index contributed by atoms with van der Waals surface area (Å²) in [5, 5.41) is 14.9. The number of hydrogen-bond donors (Lipinski definition) is 1. The summed E-state index contributed by atoms with van der Waals surface area (Å²) >= 11 is 0. The van der Waals surface area contributed by atoms with Crippen molar-refractivity contribution in [1.29, 1.82) is 0 Å². The minimum absolute atomic E-state index is 0.104. The molecular formula is C21H20N4O3. The Balaban J connectivity index is 1.46. The van der Waals surface area contributed by atoms with Gasteiger partial charge in [-0.25, -0.2) is 9.67 Å². The van der Waals surface area contributed by atoms with Gasteiger partial charge >= 0.3 is 0 Å². The molecule has 2 aromatic heterocycles. The van der Waals surface area contributed by atoms with E-state index in [-0.39, 0.29) is 18.7 Å². The van der Waals surface area contributed by atoms with Gasteiger partial charge in [-0.05, 0) is 17.7 Å². The molecule has 1 atom stereocenters. The van der Waals surface area contributed by atoms with Crippen molar-refractivity contribution < 1.29 is 9.84 Å². The first-order chi connectivity index (χ1) is 13.7. The minimum atomic E-state index is -0.815. The van der Waals surface area contributed by atoms with Crippen LogP contribution in [0.4, 0.5) is 0 Å². The minimum Gasteiger partial charge on any atom is -0.389 e. The fraction of sp³-hybridized carbons (Fsp3) is 0.190. The van der Waals surface area contributed by atoms with Crippen molar-refractivity contribution in [3.05, 3.63) is 89.1 Å². The van der Waals surface area contributed by atoms with Gasteiger partial charge < -0.3 is 9.84 Å². The third-order valence-corrected chi connectivity index (χ3v) is 4.38. The average molecular weight is 376 g/mol. The smallest absolute Gasteiger partial charge is 0.264 e. The van der Waals surface area contributed by atoms with E-state index in [0.717, 1.165) is 11.3 Å². The van der Waals surface area contributed by atoms with Crippen LogP contribution in [0.5, 0.6) is 0 Å². The molecule has 2 aromatic carbocycles. The van der Waals surface area contributed by atoms with Crippen LogP contribution < -0.4 is 5.56 Å². The van der Waals surface area contributed by atoms with E-state index in [1.807, 2.05) is 60.7 Å². The molecule has 1 unspecified atom stereocenters. The highest BCUT2D eigenvalue weighted by molar-refractivity contribution is 5.74. The molecule has 0 aliphatic heterocycles. The summed E-state index contributed by atoms with van der Waals surface area (Å²) in [5.74, 6) is 0. The number of rotatable bonds is 7. The van der Waals surface area contributed by atoms with E-state index in [9.17, 15) is 9.90 Å². The number of ether oxygens (including phenoxy) is 1. The SMILES string of the molecule is O=c1c2cnn(-c3ccccc3)c2ncn1CC(O)COCc1ccccc1. The van der Waals surface area contributed by atoms with Crippen molar-refractivity contribution >= 4 is 11.0 Å². The van der Waals surface area contributed by atoms with Gasteiger partial charge in [-0.2, -0.15) is 5.10 Å². The zero-order valence-corrected chi connectivity index (χ0v) is 15.2. The van der Waals surface area contributed by atoms with Crippen molar-refractivity contribution in [1.82, 2.24) is 19.3 Å². The molecule has 0 saturated heterocycles. The summed E-state index contributed by atoms with van der Waals surface area (Å²) < 4.78 is 8.55. The van der Waals surface area contributed by atoms with Crippen LogP contribution in [0, 0.1) is 0 Å². The summed E-state index contributed by atoms with van der Waals surface area (Å²) in [5.41, 5.74) is 2.11. The lowest BCUT2D eigenvalue weighted by Crippen LogP contribution is -2.29. The Labute approximate surface area is 161 Å². The van der Waals surface area contributed by atoms with Crippen LogP contribution in [-0.4, -0.2) is 37.1 Å². The summed E-state index contributed by atoms with van der Waals surface area (Å²) in [4.78, 5) is 17.1. The molecule has 0 aliphatic carbocycles. The third kappa shape index (κ3) is 3.85. The molecule has 2 heterocycles. The fourth-order valence-corrected chi connectivity index (χ4v) is 3.00. The normalized spacial score (nSPS) is 12.3. The van der Waals surface area contributed by atoms with E-state index < -0.39 is 6.10 Å². The lowest BCUT2D eigenvalue weighted by atomic mass is 10.2. The number of fused-ring (bicyclic) bond motifs is 1. The molecule has 4 aromatic rings. The zero-order chi connectivity index (χ0) is 19.3. The molecule has 4 rings (SSSR count). The second-order valence-electron chi connectivity index (χ2n) is 6.49. The molecule has 1 N–H and O–H groups in total. The maximum absolute atomic E-state index is 12.7. The topological polar surface area (TPSA) is 82.2 Å². The number of aliphatic hydroxyl groups is 1. The zero-order valence-electron chi connectivity index (χ0n) is 15.2. The Hall–Kier alpha value is -3.29. The van der Waals surface area contributed by atoms with Gasteiger partial charge in [-0.15, -0.1) is 0 Å². The maximum atomic E-state index is 12.7. The fourth-order valence-electron chi connectivity index (χ4n) is 3.00. The van der Waals surface area contributed by atoms with Gasteiger partial charge in [0.2, 0.25) is 0 Å². The van der Waals surface area contributed by atoms with Crippen LogP contribution in [0.2, 0.25) is 0 Å². The molecule has 142 valence electrons. The first-order valence-electron chi connectivity index (χ1n) is 9.01. The van der Waals surface area contributed by atoms with Crippen LogP contribution in [0.3, 0.4) is 0 Å². The largest absolute Gasteiger partial charge is 0.389 e. The van der Waals surface area contributed by atoms with Crippen LogP contribution in [0.1, 0.15) is 5.56 Å². The first kappa shape index (κ1) is 18.1. The third-order valence-electron chi connectivity index (χ3n) is 4.38. The quantitative estimate of drug-likeness (QED) is 0.534. The molecule has 0 fully saturated rings. The Kier molecular flexibility index (Phi) is 5.27. The molecule has 0 aliphatic rings. The van der Waals surface area contributed by atoms with Gasteiger partial charge in [0, 0.05) is 0 Å². The number of hydrogen-bond acceptors (Lipinski definition) is 5. The van der Waals surface area contributed by atoms with Crippen molar-refractivity contribution in [3.8, 4) is 5.69 Å². The van der Waals surface area contributed by atoms with Crippen molar-refractivity contribution in [2.45, 2.75) is 19.3 Å². The van der Waals surface area contributed by atoms with Crippen molar-refractivity contribution in [2.24, 2.45) is 0 Å². The van der Waals surface area contributed by atoms with Gasteiger partial charge in [0.25, 0.3) is 5.56 Å². The predicted octanol–water partition coefficient (Wildman–Crippen LogP) is 2.16. The highest BCUT2D eigenvalue weighted by atomic mass is 16.5. The van der Waals surface area contributed by atoms with E-state index >= 15 is 0 Å². The molecule has 7 heteroatoms. The maximum Gasteiger partial charge on any atom is 0.264 e. The van der Waals surface area contributed by atoms with Gasteiger partial charge in [-0.1, -0.05) is 48.5 Å². The van der Waals surface area contributed by atoms with Crippen molar-refractivity contribution in [3.63, 3.8) is 0 Å². The molecular weight excluding hydrogens is 356 g/mol. The Morgan fingerprint density at radius 2 is 1.75 bits per heavy atom. The molecule has 0 bridgehead atoms. The summed E-state index contributed by atoms with van der Waals surface area (Å²) in [6.45, 7) is 0.643. The van der Waals surface area contributed by atoms with Crippen LogP contribution in [-0.2, 0) is 17.9 Å². The summed E-state index contributed by atoms with van der Waals surface area (Å²) in [7, 11) is 0. The van der Waals surface area contributed by atoms with Crippen LogP contribution in [0.15, 0.2) is 78.0 Å². The number of nitrogens with zero attached hydrogens (tertiary/aromatic N) is 4. The van der Waals surface area contributed by atoms with Gasteiger partial charge in [0.15, 0.2) is 5.65 Å². The Morgan fingerprint density at radius 1 is 1.04 bits per heavy atom. The van der Waals surface area contributed by atoms with Crippen LogP contribution in [0.25, 0.3) is 16.7 Å². The van der Waals surface area contributed by atoms with Crippen molar-refractivity contribution in [2.75, 3.05) is 6.61 Å². The monoisotopic (exact) mass is 376 g/mol. The van der Waals surface area contributed by atoms with Crippen LogP contribution >= 0.6 is 0 Å². The molecule has 7 nitrogen and oxygen atoms in total. The Bertz CT molecular complexity index is 1110. The second kappa shape index (κ2) is 8.16. The van der Waals surface area contributed by atoms with E-state index in [2.05, 4.69) is 10.1 Å².